The van der Waals surface area contributed by atoms with Crippen molar-refractivity contribution < 1.29 is 33.9 Å². The molecule has 18 nitrogen and oxygen atoms in total. The fourth-order valence-electron chi connectivity index (χ4n) is 4.23. The Morgan fingerprint density at radius 3 is 2.87 bits per heavy atom. The number of carbonyl (C=O) groups is 3. The van der Waals surface area contributed by atoms with Gasteiger partial charge < -0.3 is 35.5 Å². The third-order valence-electron chi connectivity index (χ3n) is 6.33. The minimum atomic E-state index is -1.23. The average molecular weight is 737 g/mol. The summed E-state index contributed by atoms with van der Waals surface area (Å²) in [5.74, 6) is -2.01. The molecule has 2 aliphatic heterocycles. The van der Waals surface area contributed by atoms with Crippen molar-refractivity contribution in [1.29, 1.82) is 0 Å². The number of amides is 2. The predicted octanol–water partition coefficient (Wildman–Crippen LogP) is 1.06. The Hall–Kier alpha value is -4.45. The number of aromatic nitrogens is 6. The second-order valence-electron chi connectivity index (χ2n) is 9.31. The van der Waals surface area contributed by atoms with Gasteiger partial charge in [-0.25, -0.2) is 9.78 Å². The maximum Gasteiger partial charge on any atom is 0.352 e. The van der Waals surface area contributed by atoms with E-state index in [4.69, 9.17) is 15.0 Å². The summed E-state index contributed by atoms with van der Waals surface area (Å²) < 4.78 is 10.1. The fraction of sp³-hybridized carbons (Fsp3) is 0.250. The topological polar surface area (TPSA) is 265 Å². The molecule has 0 unspecified atom stereocenters. The van der Waals surface area contributed by atoms with Crippen LogP contribution in [0, 0.1) is 0 Å². The highest BCUT2D eigenvalue weighted by atomic mass is 32.2. The molecule has 0 aliphatic carbocycles. The number of H-pyrrole nitrogens is 1. The van der Waals surface area contributed by atoms with Gasteiger partial charge in [0, 0.05) is 34.9 Å². The van der Waals surface area contributed by atoms with E-state index in [1.54, 1.807) is 6.20 Å². The molecule has 244 valence electrons. The maximum absolute atomic E-state index is 13.4. The molecule has 47 heavy (non-hydrogen) atoms. The number of carbonyl (C=O) groups excluding carboxylic acids is 2. The zero-order valence-electron chi connectivity index (χ0n) is 23.4. The predicted molar refractivity (Wildman–Crippen MR) is 172 cm³/mol. The number of oxime groups is 1. The van der Waals surface area contributed by atoms with Gasteiger partial charge in [-0.1, -0.05) is 21.4 Å². The molecular weight excluding hydrogens is 717 g/mol. The molecule has 23 heteroatoms. The van der Waals surface area contributed by atoms with Gasteiger partial charge in [0.25, 0.3) is 22.9 Å². The molecule has 0 aromatic carbocycles. The van der Waals surface area contributed by atoms with E-state index < -0.39 is 40.4 Å². The molecule has 1 saturated heterocycles. The van der Waals surface area contributed by atoms with Crippen LogP contribution in [0.5, 0.6) is 5.75 Å². The molecule has 0 bridgehead atoms. The summed E-state index contributed by atoms with van der Waals surface area (Å²) in [6.07, 6.45) is 2.70. The van der Waals surface area contributed by atoms with Crippen molar-refractivity contribution in [2.45, 2.75) is 20.8 Å². The van der Waals surface area contributed by atoms with Crippen molar-refractivity contribution in [3.8, 4) is 17.3 Å². The SMILES string of the molecule is Nc1nc(/C(=N/OCCSc2nnc(-c3cc(=O)c(O)c[nH]3)o2)C(=O)N[C@@H]2C(=O)N3C(C(=O)O)=C(CSc4cnns4)CS[C@H]23)cs1. The highest BCUT2D eigenvalue weighted by molar-refractivity contribution is 8.02. The van der Waals surface area contributed by atoms with Gasteiger partial charge in [0.1, 0.15) is 39.3 Å². The van der Waals surface area contributed by atoms with Crippen LogP contribution < -0.4 is 16.5 Å². The molecule has 2 amide bonds. The first-order valence-corrected chi connectivity index (χ1v) is 17.8. The van der Waals surface area contributed by atoms with Crippen LogP contribution in [0.4, 0.5) is 5.13 Å². The highest BCUT2D eigenvalue weighted by Crippen LogP contribution is 2.41. The van der Waals surface area contributed by atoms with E-state index in [-0.39, 0.29) is 51.4 Å². The molecule has 6 heterocycles. The molecule has 6 rings (SSSR count). The second kappa shape index (κ2) is 14.1. The third kappa shape index (κ3) is 7.12. The van der Waals surface area contributed by atoms with Gasteiger partial charge >= 0.3 is 5.97 Å². The standard InChI is InChI=1S/C24H20N10O8S5/c25-23-28-11(8-46-23)15(32-41-1-2-43-24-31-30-19(42-24)10-3-12(35)13(36)4-26-10)18(37)29-16-20(38)34-17(22(39)40)9(7-45-21(16)34)6-44-14-5-27-33-47-14/h3-5,8,16,21,36H,1-2,6-7H2,(H2,25,28)(H,26,35)(H,29,37)(H,39,40)/b32-15-/t16-,21-/m1/s1. The Labute approximate surface area is 283 Å². The van der Waals surface area contributed by atoms with Crippen LogP contribution in [0.3, 0.4) is 0 Å². The number of thioether (sulfide) groups is 3. The van der Waals surface area contributed by atoms with Crippen molar-refractivity contribution in [3.63, 3.8) is 0 Å². The molecule has 0 radical (unpaired) electrons. The number of hydrogen-bond acceptors (Lipinski definition) is 19. The van der Waals surface area contributed by atoms with Crippen LogP contribution in [-0.4, -0.2) is 104 Å². The smallest absolute Gasteiger partial charge is 0.352 e. The number of nitrogens with zero attached hydrogens (tertiary/aromatic N) is 7. The average Bonchev–Trinajstić information content (AvgIpc) is 3.84. The lowest BCUT2D eigenvalue weighted by Gasteiger charge is -2.49. The highest BCUT2D eigenvalue weighted by Gasteiger charge is 2.54. The number of pyridine rings is 1. The van der Waals surface area contributed by atoms with Crippen molar-refractivity contribution >= 4 is 86.8 Å². The monoisotopic (exact) mass is 736 g/mol. The lowest BCUT2D eigenvalue weighted by molar-refractivity contribution is -0.150. The molecule has 2 aliphatic rings. The molecule has 0 saturated carbocycles. The van der Waals surface area contributed by atoms with Crippen LogP contribution in [0.2, 0.25) is 0 Å². The summed E-state index contributed by atoms with van der Waals surface area (Å²) in [5, 5.41) is 38.7. The van der Waals surface area contributed by atoms with Crippen LogP contribution in [0.1, 0.15) is 5.69 Å². The van der Waals surface area contributed by atoms with Gasteiger partial charge in [0.15, 0.2) is 16.6 Å². The van der Waals surface area contributed by atoms with E-state index in [1.165, 1.54) is 45.3 Å². The number of nitrogens with one attached hydrogen (secondary N) is 2. The number of carboxylic acids is 1. The quantitative estimate of drug-likeness (QED) is 0.0422. The fourth-order valence-corrected chi connectivity index (χ4v) is 8.25. The van der Waals surface area contributed by atoms with Crippen molar-refractivity contribution in [2.24, 2.45) is 5.16 Å². The number of anilines is 1. The number of thiazole rings is 1. The van der Waals surface area contributed by atoms with Crippen molar-refractivity contribution in [3.05, 3.63) is 51.0 Å². The van der Waals surface area contributed by atoms with Gasteiger partial charge in [0.2, 0.25) is 5.43 Å². The Morgan fingerprint density at radius 2 is 2.15 bits per heavy atom. The number of aromatic hydroxyl groups is 1. The molecular formula is C24H20N10O8S5. The number of nitrogen functional groups attached to an aromatic ring is 1. The summed E-state index contributed by atoms with van der Waals surface area (Å²) in [6, 6.07) is 0.116. The lowest BCUT2D eigenvalue weighted by atomic mass is 10.0. The van der Waals surface area contributed by atoms with E-state index in [9.17, 15) is 29.4 Å². The molecule has 1 fully saturated rings. The second-order valence-corrected chi connectivity index (χ2v) is 14.4. The number of hydrogen-bond donors (Lipinski definition) is 5. The first-order valence-electron chi connectivity index (χ1n) is 13.1. The number of fused-ring (bicyclic) bond motifs is 1. The minimum Gasteiger partial charge on any atom is -0.503 e. The summed E-state index contributed by atoms with van der Waals surface area (Å²) in [6.45, 7) is -0.00537. The number of rotatable bonds is 13. The van der Waals surface area contributed by atoms with Crippen LogP contribution in [-0.2, 0) is 19.2 Å². The number of carboxylic acid groups (broad SMARTS) is 1. The van der Waals surface area contributed by atoms with Crippen LogP contribution in [0.15, 0.2) is 58.9 Å². The molecule has 0 spiro atoms. The maximum atomic E-state index is 13.4. The molecule has 6 N–H and O–H groups in total. The Kier molecular flexibility index (Phi) is 9.76. The first-order chi connectivity index (χ1) is 22.7. The van der Waals surface area contributed by atoms with E-state index in [0.717, 1.165) is 39.6 Å². The Morgan fingerprint density at radius 1 is 1.30 bits per heavy atom. The van der Waals surface area contributed by atoms with Crippen molar-refractivity contribution in [2.75, 3.05) is 29.6 Å². The lowest BCUT2D eigenvalue weighted by Crippen LogP contribution is -2.71. The minimum absolute atomic E-state index is 0.00537. The first kappa shape index (κ1) is 32.5. The largest absolute Gasteiger partial charge is 0.503 e. The number of aromatic amines is 1. The molecule has 4 aromatic rings. The zero-order chi connectivity index (χ0) is 33.1. The third-order valence-corrected chi connectivity index (χ3v) is 11.0. The van der Waals surface area contributed by atoms with Gasteiger partial charge in [-0.3, -0.25) is 19.3 Å². The summed E-state index contributed by atoms with van der Waals surface area (Å²) >= 11 is 6.12. The number of β-lactam (4-membered cyclic amide) rings is 1. The van der Waals surface area contributed by atoms with Gasteiger partial charge in [-0.15, -0.1) is 50.2 Å². The van der Waals surface area contributed by atoms with Crippen molar-refractivity contribution in [1.82, 2.24) is 40.0 Å². The zero-order valence-corrected chi connectivity index (χ0v) is 27.5. The van der Waals surface area contributed by atoms with E-state index >= 15 is 0 Å². The summed E-state index contributed by atoms with van der Waals surface area (Å²) in [7, 11) is 0. The van der Waals surface area contributed by atoms with Gasteiger partial charge in [-0.05, 0) is 17.1 Å². The summed E-state index contributed by atoms with van der Waals surface area (Å²) in [4.78, 5) is 63.7. The van der Waals surface area contributed by atoms with E-state index in [0.29, 0.717) is 17.1 Å². The van der Waals surface area contributed by atoms with Crippen LogP contribution in [0.25, 0.3) is 11.6 Å². The number of nitrogens with two attached hydrogens (primary N) is 1. The Bertz CT molecular complexity index is 1940. The van der Waals surface area contributed by atoms with E-state index in [2.05, 4.69) is 40.2 Å². The molecule has 2 atom stereocenters. The van der Waals surface area contributed by atoms with E-state index in [1.807, 2.05) is 0 Å². The normalized spacial score (nSPS) is 17.7. The number of aliphatic carboxylic acids is 1. The van der Waals surface area contributed by atoms with Gasteiger partial charge in [0.05, 0.1) is 6.20 Å². The van der Waals surface area contributed by atoms with Gasteiger partial charge in [-0.2, -0.15) is 0 Å². The summed E-state index contributed by atoms with van der Waals surface area (Å²) in [5.41, 5.74) is 5.77. The Balaban J connectivity index is 1.07. The molecule has 4 aromatic heterocycles. The van der Waals surface area contributed by atoms with Crippen LogP contribution >= 0.6 is 58.2 Å².